The second-order valence-electron chi connectivity index (χ2n) is 6.44. The second kappa shape index (κ2) is 7.26. The highest BCUT2D eigenvalue weighted by Gasteiger charge is 2.28. The first-order valence-corrected chi connectivity index (χ1v) is 8.87. The van der Waals surface area contributed by atoms with Crippen molar-refractivity contribution in [3.8, 4) is 28.1 Å². The highest BCUT2D eigenvalue weighted by molar-refractivity contribution is 5.89. The standard InChI is InChI=1S/C21H19FN4O2/c1-3-19(27)25-10-11-26-17(13-25)20(16-8-9-23-12-18(16)28-2)21(24-26)14-4-6-15(22)7-5-14/h3-9,12H,1,10-11,13H2,2H3. The summed E-state index contributed by atoms with van der Waals surface area (Å²) < 4.78 is 20.9. The smallest absolute Gasteiger partial charge is 0.246 e. The lowest BCUT2D eigenvalue weighted by Gasteiger charge is -2.27. The van der Waals surface area contributed by atoms with Gasteiger partial charge in [-0.2, -0.15) is 5.10 Å². The van der Waals surface area contributed by atoms with Gasteiger partial charge in [0.2, 0.25) is 5.91 Å². The molecule has 4 rings (SSSR count). The van der Waals surface area contributed by atoms with E-state index >= 15 is 0 Å². The first-order valence-electron chi connectivity index (χ1n) is 8.87. The van der Waals surface area contributed by atoms with E-state index in [0.717, 1.165) is 22.4 Å². The maximum atomic E-state index is 13.4. The van der Waals surface area contributed by atoms with E-state index in [4.69, 9.17) is 9.84 Å². The van der Waals surface area contributed by atoms with Gasteiger partial charge in [0, 0.05) is 29.4 Å². The predicted octanol–water partition coefficient (Wildman–Crippen LogP) is 3.29. The summed E-state index contributed by atoms with van der Waals surface area (Å²) in [4.78, 5) is 18.0. The topological polar surface area (TPSA) is 60.2 Å². The number of hydrogen-bond acceptors (Lipinski definition) is 4. The third-order valence-electron chi connectivity index (χ3n) is 4.86. The highest BCUT2D eigenvalue weighted by atomic mass is 19.1. The van der Waals surface area contributed by atoms with Gasteiger partial charge in [-0.05, 0) is 36.4 Å². The van der Waals surface area contributed by atoms with Crippen molar-refractivity contribution in [2.24, 2.45) is 0 Å². The van der Waals surface area contributed by atoms with E-state index < -0.39 is 0 Å². The van der Waals surface area contributed by atoms with Gasteiger partial charge in [-0.1, -0.05) is 6.58 Å². The second-order valence-corrected chi connectivity index (χ2v) is 6.44. The van der Waals surface area contributed by atoms with Gasteiger partial charge in [-0.25, -0.2) is 4.39 Å². The minimum absolute atomic E-state index is 0.122. The molecule has 3 heterocycles. The van der Waals surface area contributed by atoms with Crippen molar-refractivity contribution >= 4 is 5.91 Å². The van der Waals surface area contributed by atoms with Crippen LogP contribution in [0.4, 0.5) is 4.39 Å². The van der Waals surface area contributed by atoms with Crippen molar-refractivity contribution in [3.63, 3.8) is 0 Å². The minimum atomic E-state index is -0.307. The van der Waals surface area contributed by atoms with Crippen LogP contribution in [-0.4, -0.2) is 39.2 Å². The van der Waals surface area contributed by atoms with Gasteiger partial charge in [-0.3, -0.25) is 14.5 Å². The van der Waals surface area contributed by atoms with Gasteiger partial charge >= 0.3 is 0 Å². The Balaban J connectivity index is 1.93. The molecule has 0 atom stereocenters. The fourth-order valence-electron chi connectivity index (χ4n) is 3.48. The summed E-state index contributed by atoms with van der Waals surface area (Å²) in [5.41, 5.74) is 4.08. The summed E-state index contributed by atoms with van der Waals surface area (Å²) in [6.07, 6.45) is 4.65. The number of rotatable bonds is 4. The van der Waals surface area contributed by atoms with Crippen LogP contribution in [0, 0.1) is 5.82 Å². The molecule has 6 nitrogen and oxygen atoms in total. The summed E-state index contributed by atoms with van der Waals surface area (Å²) in [5.74, 6) is 0.177. The number of nitrogens with zero attached hydrogens (tertiary/aromatic N) is 4. The Morgan fingerprint density at radius 1 is 1.25 bits per heavy atom. The lowest BCUT2D eigenvalue weighted by atomic mass is 9.98. The van der Waals surface area contributed by atoms with Crippen molar-refractivity contribution in [2.75, 3.05) is 13.7 Å². The van der Waals surface area contributed by atoms with Crippen molar-refractivity contribution < 1.29 is 13.9 Å². The molecule has 0 spiro atoms. The van der Waals surface area contributed by atoms with Crippen molar-refractivity contribution in [2.45, 2.75) is 13.1 Å². The first kappa shape index (κ1) is 17.9. The Hall–Kier alpha value is -3.48. The molecule has 7 heteroatoms. The minimum Gasteiger partial charge on any atom is -0.494 e. The van der Waals surface area contributed by atoms with Gasteiger partial charge < -0.3 is 9.64 Å². The number of benzene rings is 1. The average Bonchev–Trinajstić information content (AvgIpc) is 3.12. The van der Waals surface area contributed by atoms with E-state index in [1.54, 1.807) is 36.5 Å². The molecule has 0 N–H and O–H groups in total. The number of carbonyl (C=O) groups is 1. The van der Waals surface area contributed by atoms with E-state index in [2.05, 4.69) is 11.6 Å². The van der Waals surface area contributed by atoms with Crippen LogP contribution >= 0.6 is 0 Å². The fourth-order valence-corrected chi connectivity index (χ4v) is 3.48. The number of amides is 1. The van der Waals surface area contributed by atoms with Gasteiger partial charge in [0.15, 0.2) is 0 Å². The van der Waals surface area contributed by atoms with E-state index in [0.29, 0.717) is 31.1 Å². The Labute approximate surface area is 161 Å². The molecule has 1 amide bonds. The number of aromatic nitrogens is 3. The lowest BCUT2D eigenvalue weighted by Crippen LogP contribution is -2.37. The molecule has 0 saturated heterocycles. The van der Waals surface area contributed by atoms with E-state index in [-0.39, 0.29) is 11.7 Å². The van der Waals surface area contributed by atoms with Crippen LogP contribution in [0.3, 0.4) is 0 Å². The SMILES string of the molecule is C=CC(=O)N1CCn2nc(-c3ccc(F)cc3)c(-c3ccncc3OC)c2C1. The maximum Gasteiger partial charge on any atom is 0.246 e. The zero-order chi connectivity index (χ0) is 19.7. The molecule has 0 unspecified atom stereocenters. The van der Waals surface area contributed by atoms with Crippen LogP contribution in [0.1, 0.15) is 5.69 Å². The van der Waals surface area contributed by atoms with Crippen LogP contribution in [0.15, 0.2) is 55.4 Å². The van der Waals surface area contributed by atoms with Crippen LogP contribution in [0.5, 0.6) is 5.75 Å². The van der Waals surface area contributed by atoms with E-state index in [1.165, 1.54) is 18.2 Å². The third-order valence-corrected chi connectivity index (χ3v) is 4.86. The van der Waals surface area contributed by atoms with Crippen molar-refractivity contribution in [1.29, 1.82) is 0 Å². The number of carbonyl (C=O) groups excluding carboxylic acids is 1. The normalized spacial score (nSPS) is 13.1. The molecule has 0 radical (unpaired) electrons. The number of hydrogen-bond donors (Lipinski definition) is 0. The Morgan fingerprint density at radius 2 is 2.04 bits per heavy atom. The van der Waals surface area contributed by atoms with Gasteiger partial charge in [-0.15, -0.1) is 0 Å². The van der Waals surface area contributed by atoms with Gasteiger partial charge in [0.25, 0.3) is 0 Å². The van der Waals surface area contributed by atoms with Crippen molar-refractivity contribution in [3.05, 3.63) is 66.9 Å². The number of ether oxygens (including phenoxy) is 1. The van der Waals surface area contributed by atoms with Gasteiger partial charge in [0.1, 0.15) is 17.3 Å². The van der Waals surface area contributed by atoms with E-state index in [9.17, 15) is 9.18 Å². The molecular formula is C21H19FN4O2. The molecule has 1 aliphatic rings. The largest absolute Gasteiger partial charge is 0.494 e. The summed E-state index contributed by atoms with van der Waals surface area (Å²) in [7, 11) is 1.58. The monoisotopic (exact) mass is 378 g/mol. The molecule has 142 valence electrons. The molecule has 1 aliphatic heterocycles. The molecule has 0 saturated carbocycles. The van der Waals surface area contributed by atoms with Gasteiger partial charge in [0.05, 0.1) is 32.1 Å². The summed E-state index contributed by atoms with van der Waals surface area (Å²) in [6.45, 7) is 5.10. The number of fused-ring (bicyclic) bond motifs is 1. The molecule has 1 aromatic carbocycles. The zero-order valence-electron chi connectivity index (χ0n) is 15.4. The molecule has 0 fully saturated rings. The molecule has 0 bridgehead atoms. The number of methoxy groups -OCH3 is 1. The number of halogens is 1. The van der Waals surface area contributed by atoms with Crippen LogP contribution in [-0.2, 0) is 17.9 Å². The highest BCUT2D eigenvalue weighted by Crippen LogP contribution is 2.40. The zero-order valence-corrected chi connectivity index (χ0v) is 15.4. The van der Waals surface area contributed by atoms with E-state index in [1.807, 2.05) is 10.7 Å². The molecule has 28 heavy (non-hydrogen) atoms. The fraction of sp³-hybridized carbons (Fsp3) is 0.190. The summed E-state index contributed by atoms with van der Waals surface area (Å²) in [6, 6.07) is 8.09. The van der Waals surface area contributed by atoms with Crippen LogP contribution < -0.4 is 4.74 Å². The predicted molar refractivity (Wildman–Crippen MR) is 103 cm³/mol. The number of pyridine rings is 1. The molecule has 0 aliphatic carbocycles. The Morgan fingerprint density at radius 3 is 2.75 bits per heavy atom. The molecular weight excluding hydrogens is 359 g/mol. The molecule has 2 aromatic heterocycles. The van der Waals surface area contributed by atoms with Crippen LogP contribution in [0.25, 0.3) is 22.4 Å². The summed E-state index contributed by atoms with van der Waals surface area (Å²) in [5, 5.41) is 4.78. The Bertz CT molecular complexity index is 1040. The first-order chi connectivity index (χ1) is 13.6. The quantitative estimate of drug-likeness (QED) is 0.654. The average molecular weight is 378 g/mol. The maximum absolute atomic E-state index is 13.4. The molecule has 3 aromatic rings. The lowest BCUT2D eigenvalue weighted by molar-refractivity contribution is -0.127. The van der Waals surface area contributed by atoms with Crippen molar-refractivity contribution in [1.82, 2.24) is 19.7 Å². The third kappa shape index (κ3) is 3.05. The Kier molecular flexibility index (Phi) is 4.65. The summed E-state index contributed by atoms with van der Waals surface area (Å²) >= 11 is 0. The van der Waals surface area contributed by atoms with Crippen LogP contribution in [0.2, 0.25) is 0 Å².